The van der Waals surface area contributed by atoms with Gasteiger partial charge in [-0.05, 0) is 19.3 Å². The Morgan fingerprint density at radius 2 is 1.65 bits per heavy atom. The normalized spacial score (nSPS) is 11.2. The van der Waals surface area contributed by atoms with Gasteiger partial charge in [0.1, 0.15) is 0 Å². The molecule has 134 valence electrons. The molecule has 0 aromatic carbocycles. The molecular weight excluding hydrogens is 292 g/mol. The van der Waals surface area contributed by atoms with E-state index < -0.39 is 5.97 Å². The summed E-state index contributed by atoms with van der Waals surface area (Å²) in [6.07, 6.45) is 11.4. The summed E-state index contributed by atoms with van der Waals surface area (Å²) in [4.78, 5) is 22.4. The Balaban J connectivity index is 3.47. The molecule has 0 atom stereocenters. The van der Waals surface area contributed by atoms with E-state index >= 15 is 0 Å². The fourth-order valence-corrected chi connectivity index (χ4v) is 2.55. The number of nitrogens with one attached hydrogen (secondary N) is 1. The Morgan fingerprint density at radius 3 is 2.26 bits per heavy atom. The number of carbonyl (C=O) groups is 2. The summed E-state index contributed by atoms with van der Waals surface area (Å²) in [6, 6.07) is 0. The second kappa shape index (κ2) is 13.1. The van der Waals surface area contributed by atoms with Crippen molar-refractivity contribution >= 4 is 11.9 Å². The van der Waals surface area contributed by atoms with Crippen LogP contribution in [0.4, 0.5) is 0 Å². The molecule has 0 aromatic rings. The molecule has 0 radical (unpaired) electrons. The molecule has 2 N–H and O–H groups in total. The Hall–Kier alpha value is -1.36. The summed E-state index contributed by atoms with van der Waals surface area (Å²) < 4.78 is 0.442. The number of hydrogen-bond acceptors (Lipinski definition) is 2. The minimum atomic E-state index is -0.788. The predicted octanol–water partition coefficient (Wildman–Crippen LogP) is 2.96. The quantitative estimate of drug-likeness (QED) is 0.276. The monoisotopic (exact) mass is 327 g/mol. The summed E-state index contributed by atoms with van der Waals surface area (Å²) >= 11 is 0. The molecule has 0 bridgehead atoms. The van der Waals surface area contributed by atoms with Gasteiger partial charge in [-0.15, -0.1) is 6.58 Å². The van der Waals surface area contributed by atoms with Gasteiger partial charge in [-0.25, -0.2) is 4.79 Å². The van der Waals surface area contributed by atoms with Gasteiger partial charge < -0.3 is 14.9 Å². The van der Waals surface area contributed by atoms with Crippen LogP contribution >= 0.6 is 0 Å². The minimum absolute atomic E-state index is 0.111. The zero-order chi connectivity index (χ0) is 17.6. The van der Waals surface area contributed by atoms with E-state index in [0.717, 1.165) is 32.2 Å². The maximum Gasteiger partial charge on any atom is 0.359 e. The third-order valence-corrected chi connectivity index (χ3v) is 3.89. The summed E-state index contributed by atoms with van der Waals surface area (Å²) in [5.74, 6) is -0.677. The summed E-state index contributed by atoms with van der Waals surface area (Å²) in [5, 5.41) is 11.7. The van der Waals surface area contributed by atoms with E-state index in [4.69, 9.17) is 5.11 Å². The number of quaternary nitrogens is 1. The van der Waals surface area contributed by atoms with Crippen molar-refractivity contribution in [1.29, 1.82) is 0 Å². The molecule has 0 saturated carbocycles. The van der Waals surface area contributed by atoms with E-state index in [-0.39, 0.29) is 12.5 Å². The van der Waals surface area contributed by atoms with Gasteiger partial charge >= 0.3 is 5.97 Å². The van der Waals surface area contributed by atoms with Crippen molar-refractivity contribution in [2.75, 3.05) is 33.7 Å². The first-order chi connectivity index (χ1) is 10.9. The molecule has 23 heavy (non-hydrogen) atoms. The molecule has 0 rings (SSSR count). The van der Waals surface area contributed by atoms with Gasteiger partial charge in [0.25, 0.3) is 0 Å². The van der Waals surface area contributed by atoms with Crippen LogP contribution in [0.15, 0.2) is 12.7 Å². The van der Waals surface area contributed by atoms with Crippen LogP contribution in [0.1, 0.15) is 57.8 Å². The molecule has 0 heterocycles. The molecule has 0 aliphatic carbocycles. The summed E-state index contributed by atoms with van der Waals surface area (Å²) in [6.45, 7) is 5.20. The molecule has 0 aromatic heterocycles. The lowest BCUT2D eigenvalue weighted by Crippen LogP contribution is -2.45. The van der Waals surface area contributed by atoms with Crippen molar-refractivity contribution in [2.24, 2.45) is 0 Å². The van der Waals surface area contributed by atoms with E-state index in [1.807, 2.05) is 20.2 Å². The highest BCUT2D eigenvalue weighted by Gasteiger charge is 2.18. The SMILES string of the molecule is C=CCCCCCCCCC(=O)NCCC[N+](C)(C)CC(=O)O. The average molecular weight is 327 g/mol. The number of allylic oxidation sites excluding steroid dienone is 1. The Kier molecular flexibility index (Phi) is 12.3. The van der Waals surface area contributed by atoms with Crippen molar-refractivity contribution in [1.82, 2.24) is 5.32 Å². The number of hydrogen-bond donors (Lipinski definition) is 2. The number of carboxylic acid groups (broad SMARTS) is 1. The number of rotatable bonds is 15. The molecule has 0 spiro atoms. The van der Waals surface area contributed by atoms with Crippen molar-refractivity contribution in [3.8, 4) is 0 Å². The van der Waals surface area contributed by atoms with E-state index in [1.54, 1.807) is 0 Å². The molecule has 5 heteroatoms. The third-order valence-electron chi connectivity index (χ3n) is 3.89. The molecule has 0 fully saturated rings. The lowest BCUT2D eigenvalue weighted by Gasteiger charge is -2.27. The number of carbonyl (C=O) groups excluding carboxylic acids is 1. The Bertz CT molecular complexity index is 354. The Morgan fingerprint density at radius 1 is 1.04 bits per heavy atom. The average Bonchev–Trinajstić information content (AvgIpc) is 2.45. The number of nitrogens with zero attached hydrogens (tertiary/aromatic N) is 1. The van der Waals surface area contributed by atoms with Gasteiger partial charge in [0.15, 0.2) is 6.54 Å². The van der Waals surface area contributed by atoms with Gasteiger partial charge in [0.2, 0.25) is 5.91 Å². The van der Waals surface area contributed by atoms with E-state index in [2.05, 4.69) is 11.9 Å². The van der Waals surface area contributed by atoms with Gasteiger partial charge in [-0.1, -0.05) is 31.8 Å². The van der Waals surface area contributed by atoms with Crippen LogP contribution in [0, 0.1) is 0 Å². The molecule has 0 aliphatic rings. The standard InChI is InChI=1S/C18H34N2O3/c1-4-5-6-7-8-9-10-11-13-17(21)19-14-12-15-20(2,3)16-18(22)23/h4H,1,5-16H2,2-3H3,(H-,19,21,22,23)/p+1. The number of unbranched alkanes of at least 4 members (excludes halogenated alkanes) is 6. The van der Waals surface area contributed by atoms with Crippen LogP contribution in [0.5, 0.6) is 0 Å². The summed E-state index contributed by atoms with van der Waals surface area (Å²) in [5.41, 5.74) is 0. The van der Waals surface area contributed by atoms with Gasteiger partial charge in [0, 0.05) is 19.4 Å². The van der Waals surface area contributed by atoms with Crippen LogP contribution in [0.2, 0.25) is 0 Å². The van der Waals surface area contributed by atoms with Gasteiger partial charge in [0.05, 0.1) is 20.6 Å². The first-order valence-corrected chi connectivity index (χ1v) is 8.79. The first-order valence-electron chi connectivity index (χ1n) is 8.79. The van der Waals surface area contributed by atoms with Crippen LogP contribution in [0.3, 0.4) is 0 Å². The fraction of sp³-hybridized carbons (Fsp3) is 0.778. The number of amides is 1. The molecule has 1 amide bonds. The van der Waals surface area contributed by atoms with Gasteiger partial charge in [-0.3, -0.25) is 4.79 Å². The zero-order valence-corrected chi connectivity index (χ0v) is 15.0. The molecule has 0 unspecified atom stereocenters. The highest BCUT2D eigenvalue weighted by Crippen LogP contribution is 2.08. The number of likely N-dealkylation sites (N-methyl/N-ethyl adjacent to an activating group) is 1. The largest absolute Gasteiger partial charge is 0.477 e. The first kappa shape index (κ1) is 21.6. The predicted molar refractivity (Wildman–Crippen MR) is 94.2 cm³/mol. The van der Waals surface area contributed by atoms with Crippen molar-refractivity contribution in [3.63, 3.8) is 0 Å². The van der Waals surface area contributed by atoms with Crippen LogP contribution < -0.4 is 5.32 Å². The Labute approximate surface area is 141 Å². The van der Waals surface area contributed by atoms with Crippen LogP contribution in [0.25, 0.3) is 0 Å². The van der Waals surface area contributed by atoms with E-state index in [9.17, 15) is 9.59 Å². The smallest absolute Gasteiger partial charge is 0.359 e. The maximum absolute atomic E-state index is 11.7. The van der Waals surface area contributed by atoms with Crippen LogP contribution in [-0.4, -0.2) is 55.2 Å². The molecule has 0 aliphatic heterocycles. The summed E-state index contributed by atoms with van der Waals surface area (Å²) in [7, 11) is 3.79. The fourth-order valence-electron chi connectivity index (χ4n) is 2.55. The van der Waals surface area contributed by atoms with E-state index in [1.165, 1.54) is 25.7 Å². The van der Waals surface area contributed by atoms with Crippen molar-refractivity contribution < 1.29 is 19.2 Å². The van der Waals surface area contributed by atoms with Gasteiger partial charge in [-0.2, -0.15) is 0 Å². The second-order valence-electron chi connectivity index (χ2n) is 6.86. The second-order valence-corrected chi connectivity index (χ2v) is 6.86. The molecular formula is C18H35N2O3+. The molecule has 0 saturated heterocycles. The third kappa shape index (κ3) is 15.3. The highest BCUT2D eigenvalue weighted by atomic mass is 16.4. The van der Waals surface area contributed by atoms with Crippen molar-refractivity contribution in [3.05, 3.63) is 12.7 Å². The van der Waals surface area contributed by atoms with E-state index in [0.29, 0.717) is 17.4 Å². The highest BCUT2D eigenvalue weighted by molar-refractivity contribution is 5.75. The van der Waals surface area contributed by atoms with Crippen LogP contribution in [-0.2, 0) is 9.59 Å². The topological polar surface area (TPSA) is 66.4 Å². The van der Waals surface area contributed by atoms with Crippen molar-refractivity contribution in [2.45, 2.75) is 57.8 Å². The number of carboxylic acids is 1. The number of aliphatic carboxylic acids is 1. The lowest BCUT2D eigenvalue weighted by molar-refractivity contribution is -0.883. The lowest BCUT2D eigenvalue weighted by atomic mass is 10.1. The zero-order valence-electron chi connectivity index (χ0n) is 15.0. The maximum atomic E-state index is 11.7. The minimum Gasteiger partial charge on any atom is -0.477 e. The molecule has 5 nitrogen and oxygen atoms in total.